The van der Waals surface area contributed by atoms with Gasteiger partial charge in [-0.05, 0) is 6.92 Å². The van der Waals surface area contributed by atoms with E-state index < -0.39 is 40.4 Å². The van der Waals surface area contributed by atoms with E-state index in [0.717, 1.165) is 0 Å². The molecule has 0 radical (unpaired) electrons. The van der Waals surface area contributed by atoms with Gasteiger partial charge in [0.05, 0.1) is 11.9 Å². The fourth-order valence-electron chi connectivity index (χ4n) is 3.44. The van der Waals surface area contributed by atoms with Gasteiger partial charge in [-0.1, -0.05) is 38.0 Å². The van der Waals surface area contributed by atoms with Crippen LogP contribution in [0.3, 0.4) is 0 Å². The van der Waals surface area contributed by atoms with Crippen molar-refractivity contribution in [2.24, 2.45) is 5.92 Å². The van der Waals surface area contributed by atoms with Crippen molar-refractivity contribution >= 4 is 35.9 Å². The topological polar surface area (TPSA) is 112 Å². The summed E-state index contributed by atoms with van der Waals surface area (Å²) in [4.78, 5) is 52.4. The summed E-state index contributed by atoms with van der Waals surface area (Å²) in [7, 11) is 1.49. The predicted octanol–water partition coefficient (Wildman–Crippen LogP) is 1.97. The third-order valence-corrected chi connectivity index (χ3v) is 6.56. The first-order chi connectivity index (χ1) is 15.2. The molecule has 0 aromatic rings. The summed E-state index contributed by atoms with van der Waals surface area (Å²) in [6, 6.07) is 0. The van der Waals surface area contributed by atoms with Crippen LogP contribution in [0.1, 0.15) is 6.92 Å². The van der Waals surface area contributed by atoms with Crippen LogP contribution in [0.25, 0.3) is 0 Å². The molecule has 2 unspecified atom stereocenters. The minimum atomic E-state index is -1.23. The number of thioether (sulfide) groups is 1. The molecule has 0 spiro atoms. The maximum absolute atomic E-state index is 13.0. The van der Waals surface area contributed by atoms with Crippen molar-refractivity contribution in [2.45, 2.75) is 23.1 Å². The molecule has 176 valence electrons. The Bertz CT molecular complexity index is 788. The Hall–Kier alpha value is -2.95. The van der Waals surface area contributed by atoms with Crippen LogP contribution in [-0.4, -0.2) is 90.1 Å². The third-order valence-electron chi connectivity index (χ3n) is 4.89. The van der Waals surface area contributed by atoms with E-state index in [1.807, 2.05) is 0 Å². The maximum Gasteiger partial charge on any atom is 0.508 e. The number of rotatable bonds is 11. The van der Waals surface area contributed by atoms with Crippen molar-refractivity contribution in [2.75, 3.05) is 40.0 Å². The molecule has 0 bridgehead atoms. The van der Waals surface area contributed by atoms with Crippen molar-refractivity contribution in [3.05, 3.63) is 38.0 Å². The zero-order chi connectivity index (χ0) is 23.9. The lowest BCUT2D eigenvalue weighted by Crippen LogP contribution is -2.61. The van der Waals surface area contributed by atoms with Crippen LogP contribution in [0.2, 0.25) is 0 Å². The van der Waals surface area contributed by atoms with Crippen molar-refractivity contribution in [1.82, 2.24) is 9.80 Å². The lowest BCUT2D eigenvalue weighted by atomic mass is 9.91. The molecule has 0 saturated carbocycles. The van der Waals surface area contributed by atoms with E-state index in [1.54, 1.807) is 6.92 Å². The van der Waals surface area contributed by atoms with Crippen LogP contribution in [-0.2, 0) is 28.5 Å². The molecular weight excluding hydrogens is 440 g/mol. The molecule has 0 N–H and O–H groups in total. The smallest absolute Gasteiger partial charge is 0.460 e. The molecular formula is C21H28N2O8S. The summed E-state index contributed by atoms with van der Waals surface area (Å²) in [5.41, 5.74) is 0. The van der Waals surface area contributed by atoms with E-state index in [-0.39, 0.29) is 38.8 Å². The fourth-order valence-corrected chi connectivity index (χ4v) is 5.33. The Morgan fingerprint density at radius 2 is 1.75 bits per heavy atom. The average Bonchev–Trinajstić information content (AvgIpc) is 3.09. The van der Waals surface area contributed by atoms with Crippen molar-refractivity contribution in [3.63, 3.8) is 0 Å². The van der Waals surface area contributed by atoms with Crippen molar-refractivity contribution in [1.29, 1.82) is 0 Å². The zero-order valence-electron chi connectivity index (χ0n) is 18.2. The van der Waals surface area contributed by atoms with Gasteiger partial charge in [-0.15, -0.1) is 11.8 Å². The van der Waals surface area contributed by atoms with E-state index in [4.69, 9.17) is 18.9 Å². The number of hydrogen-bond acceptors (Lipinski definition) is 9. The van der Waals surface area contributed by atoms with E-state index in [9.17, 15) is 19.2 Å². The number of hydrogen-bond donors (Lipinski definition) is 0. The van der Waals surface area contributed by atoms with Crippen LogP contribution in [0.4, 0.5) is 9.59 Å². The molecule has 2 saturated heterocycles. The lowest BCUT2D eigenvalue weighted by molar-refractivity contribution is -0.157. The van der Waals surface area contributed by atoms with Gasteiger partial charge in [0.25, 0.3) is 0 Å². The highest BCUT2D eigenvalue weighted by molar-refractivity contribution is 8.02. The normalized spacial score (nSPS) is 24.3. The van der Waals surface area contributed by atoms with E-state index in [2.05, 4.69) is 19.7 Å². The van der Waals surface area contributed by atoms with Crippen LogP contribution in [0, 0.1) is 5.92 Å². The molecule has 32 heavy (non-hydrogen) atoms. The standard InChI is InChI=1S/C21H28N2O8S/c1-6-9-28-18(25)21(12-22(5)19(26)29-10-7-2)13-23-16(24)15(17(23)32-21)14(4)31-20(27)30-11-8-3/h6-8,14-15,17H,1-3,9-13H2,4-5H3/t14?,15-,17+,21?/m0/s1. The SMILES string of the molecule is C=CCOC(=O)OC(C)[C@H]1C(=O)N2CC(CN(C)C(=O)OCC=C)(C(=O)OCC=C)S[C@H]12. The second-order valence-electron chi connectivity index (χ2n) is 7.28. The fraction of sp³-hybridized carbons (Fsp3) is 0.524. The molecule has 0 aromatic heterocycles. The van der Waals surface area contributed by atoms with Crippen LogP contribution in [0.5, 0.6) is 0 Å². The molecule has 2 heterocycles. The third kappa shape index (κ3) is 5.45. The number of carbonyl (C=O) groups excluding carboxylic acids is 4. The predicted molar refractivity (Wildman–Crippen MR) is 117 cm³/mol. The molecule has 2 fully saturated rings. The Balaban J connectivity index is 2.15. The molecule has 2 rings (SSSR count). The summed E-state index contributed by atoms with van der Waals surface area (Å²) >= 11 is 1.20. The number of nitrogens with zero attached hydrogens (tertiary/aromatic N) is 2. The monoisotopic (exact) mass is 468 g/mol. The molecule has 11 heteroatoms. The Morgan fingerprint density at radius 1 is 1.16 bits per heavy atom. The van der Waals surface area contributed by atoms with Crippen molar-refractivity contribution in [3.8, 4) is 0 Å². The van der Waals surface area contributed by atoms with Gasteiger partial charge in [-0.3, -0.25) is 9.59 Å². The molecule has 0 aliphatic carbocycles. The molecule has 2 aliphatic rings. The Labute approximate surface area is 191 Å². The Kier molecular flexibility index (Phi) is 8.76. The summed E-state index contributed by atoms with van der Waals surface area (Å²) in [6.45, 7) is 12.1. The number of esters is 1. The number of carbonyl (C=O) groups is 4. The first-order valence-corrected chi connectivity index (χ1v) is 10.8. The molecule has 10 nitrogen and oxygen atoms in total. The zero-order valence-corrected chi connectivity index (χ0v) is 19.0. The summed E-state index contributed by atoms with van der Waals surface area (Å²) in [6.07, 6.45) is 1.94. The highest BCUT2D eigenvalue weighted by Gasteiger charge is 2.64. The largest absolute Gasteiger partial charge is 0.508 e. The minimum absolute atomic E-state index is 0.0114. The van der Waals surface area contributed by atoms with Gasteiger partial charge < -0.3 is 28.7 Å². The highest BCUT2D eigenvalue weighted by Crippen LogP contribution is 2.51. The number of fused-ring (bicyclic) bond motifs is 1. The summed E-state index contributed by atoms with van der Waals surface area (Å²) in [5.74, 6) is -1.50. The number of ether oxygens (including phenoxy) is 4. The van der Waals surface area contributed by atoms with Gasteiger partial charge in [0.2, 0.25) is 5.91 Å². The van der Waals surface area contributed by atoms with E-state index in [1.165, 1.54) is 46.8 Å². The molecule has 2 amide bonds. The van der Waals surface area contributed by atoms with Crippen LogP contribution >= 0.6 is 11.8 Å². The second-order valence-corrected chi connectivity index (χ2v) is 8.78. The number of β-lactam (4-membered cyclic amide) rings is 1. The molecule has 2 aliphatic heterocycles. The quantitative estimate of drug-likeness (QED) is 0.194. The maximum atomic E-state index is 13.0. The van der Waals surface area contributed by atoms with Gasteiger partial charge in [0.1, 0.15) is 31.8 Å². The summed E-state index contributed by atoms with van der Waals surface area (Å²) in [5, 5.41) is -0.432. The van der Waals surface area contributed by atoms with Crippen LogP contribution < -0.4 is 0 Å². The van der Waals surface area contributed by atoms with Gasteiger partial charge >= 0.3 is 18.2 Å². The Morgan fingerprint density at radius 3 is 2.38 bits per heavy atom. The van der Waals surface area contributed by atoms with Crippen LogP contribution in [0.15, 0.2) is 38.0 Å². The minimum Gasteiger partial charge on any atom is -0.460 e. The van der Waals surface area contributed by atoms with E-state index >= 15 is 0 Å². The number of amides is 2. The molecule has 4 atom stereocenters. The first kappa shape index (κ1) is 25.3. The molecule has 0 aromatic carbocycles. The van der Waals surface area contributed by atoms with Gasteiger partial charge in [0, 0.05) is 13.6 Å². The van der Waals surface area contributed by atoms with Crippen molar-refractivity contribution < 1.29 is 38.1 Å². The highest BCUT2D eigenvalue weighted by atomic mass is 32.2. The van der Waals surface area contributed by atoms with E-state index in [0.29, 0.717) is 0 Å². The van der Waals surface area contributed by atoms with Gasteiger partial charge in [-0.2, -0.15) is 0 Å². The second kappa shape index (κ2) is 11.1. The van der Waals surface area contributed by atoms with Gasteiger partial charge in [0.15, 0.2) is 4.75 Å². The average molecular weight is 469 g/mol. The first-order valence-electron chi connectivity index (χ1n) is 9.90. The lowest BCUT2D eigenvalue weighted by Gasteiger charge is -2.43. The van der Waals surface area contributed by atoms with Gasteiger partial charge in [-0.25, -0.2) is 9.59 Å². The summed E-state index contributed by atoms with van der Waals surface area (Å²) < 4.78 is 19.1.